The van der Waals surface area contributed by atoms with Crippen LogP contribution in [0.2, 0.25) is 0 Å². The monoisotopic (exact) mass is 493 g/mol. The van der Waals surface area contributed by atoms with Gasteiger partial charge in [0.05, 0.1) is 13.7 Å². The summed E-state index contributed by atoms with van der Waals surface area (Å²) >= 11 is 0. The van der Waals surface area contributed by atoms with Crippen molar-refractivity contribution in [3.8, 4) is 34.5 Å². The van der Waals surface area contributed by atoms with Gasteiger partial charge in [-0.15, -0.1) is 0 Å². The number of hydrogen-bond donors (Lipinski definition) is 0. The Bertz CT molecular complexity index is 1220. The van der Waals surface area contributed by atoms with Crippen molar-refractivity contribution in [1.82, 2.24) is 15.1 Å². The molecular formula is C28H35N3O5. The van der Waals surface area contributed by atoms with Gasteiger partial charge in [-0.2, -0.15) is 4.98 Å². The highest BCUT2D eigenvalue weighted by molar-refractivity contribution is 5.64. The molecule has 3 aromatic rings. The molecule has 1 saturated heterocycles. The van der Waals surface area contributed by atoms with E-state index >= 15 is 0 Å². The number of aryl methyl sites for hydroxylation is 2. The first-order valence-electron chi connectivity index (χ1n) is 12.8. The van der Waals surface area contributed by atoms with Crippen molar-refractivity contribution in [1.29, 1.82) is 0 Å². The van der Waals surface area contributed by atoms with E-state index in [4.69, 9.17) is 28.5 Å². The highest BCUT2D eigenvalue weighted by atomic mass is 16.7. The lowest BCUT2D eigenvalue weighted by Gasteiger charge is -2.19. The molecule has 5 rings (SSSR count). The maximum Gasteiger partial charge on any atom is 0.258 e. The van der Waals surface area contributed by atoms with E-state index in [1.165, 1.54) is 12.8 Å². The summed E-state index contributed by atoms with van der Waals surface area (Å²) in [4.78, 5) is 9.41. The van der Waals surface area contributed by atoms with Gasteiger partial charge in [-0.1, -0.05) is 24.9 Å². The van der Waals surface area contributed by atoms with Crippen LogP contribution in [-0.2, 0) is 15.9 Å². The zero-order valence-electron chi connectivity index (χ0n) is 21.8. The van der Waals surface area contributed by atoms with E-state index in [9.17, 15) is 0 Å². The van der Waals surface area contributed by atoms with Crippen LogP contribution in [0, 0.1) is 6.92 Å². The molecule has 1 saturated carbocycles. The maximum atomic E-state index is 6.20. The van der Waals surface area contributed by atoms with Crippen molar-refractivity contribution in [3.05, 3.63) is 41.1 Å². The molecule has 2 fully saturated rings. The first-order valence-corrected chi connectivity index (χ1v) is 12.8. The standard InChI is InChI=1S/C28H35N3O5/c1-6-18-12-20(11-17(2)25(18)33-15-22-16-34-28(3,4)35-22)26-30-27(36-31-26)21-13-23(19-9-7-8-10-19)29-24(14-21)32-5/h11-14,19,22H,6-10,15-16H2,1-5H3. The molecule has 2 aliphatic rings. The van der Waals surface area contributed by atoms with E-state index in [1.54, 1.807) is 7.11 Å². The Hall–Kier alpha value is -2.97. The number of ether oxygens (including phenoxy) is 4. The lowest BCUT2D eigenvalue weighted by molar-refractivity contribution is -0.141. The van der Waals surface area contributed by atoms with Gasteiger partial charge in [0.15, 0.2) is 5.79 Å². The predicted molar refractivity (Wildman–Crippen MR) is 135 cm³/mol. The van der Waals surface area contributed by atoms with Crippen molar-refractivity contribution < 1.29 is 23.5 Å². The van der Waals surface area contributed by atoms with E-state index in [2.05, 4.69) is 29.2 Å². The highest BCUT2D eigenvalue weighted by Gasteiger charge is 2.33. The predicted octanol–water partition coefficient (Wildman–Crippen LogP) is 5.87. The Morgan fingerprint density at radius 2 is 1.86 bits per heavy atom. The third-order valence-electron chi connectivity index (χ3n) is 6.95. The molecule has 0 N–H and O–H groups in total. The average molecular weight is 494 g/mol. The van der Waals surface area contributed by atoms with Crippen LogP contribution in [0.5, 0.6) is 11.6 Å². The Morgan fingerprint density at radius 3 is 2.56 bits per heavy atom. The summed E-state index contributed by atoms with van der Waals surface area (Å²) in [5.41, 5.74) is 4.86. The molecule has 0 bridgehead atoms. The van der Waals surface area contributed by atoms with Crippen LogP contribution in [0.4, 0.5) is 0 Å². The Morgan fingerprint density at radius 1 is 1.06 bits per heavy atom. The minimum atomic E-state index is -0.562. The molecular weight excluding hydrogens is 458 g/mol. The van der Waals surface area contributed by atoms with Gasteiger partial charge in [0.2, 0.25) is 11.7 Å². The van der Waals surface area contributed by atoms with Gasteiger partial charge >= 0.3 is 0 Å². The Labute approximate surface area is 212 Å². The summed E-state index contributed by atoms with van der Waals surface area (Å²) in [7, 11) is 1.63. The van der Waals surface area contributed by atoms with Crippen LogP contribution in [-0.4, -0.2) is 47.3 Å². The molecule has 1 aromatic carbocycles. The molecule has 1 aliphatic carbocycles. The third-order valence-corrected chi connectivity index (χ3v) is 6.95. The molecule has 1 atom stereocenters. The van der Waals surface area contributed by atoms with Crippen LogP contribution in [0.3, 0.4) is 0 Å². The van der Waals surface area contributed by atoms with Gasteiger partial charge in [-0.3, -0.25) is 0 Å². The van der Waals surface area contributed by atoms with Crippen molar-refractivity contribution in [2.75, 3.05) is 20.3 Å². The summed E-state index contributed by atoms with van der Waals surface area (Å²) in [5, 5.41) is 4.29. The van der Waals surface area contributed by atoms with E-state index in [1.807, 2.05) is 32.9 Å². The number of nitrogens with zero attached hydrogens (tertiary/aromatic N) is 3. The average Bonchev–Trinajstić information content (AvgIpc) is 3.64. The second kappa shape index (κ2) is 10.2. The van der Waals surface area contributed by atoms with Gasteiger partial charge in [0, 0.05) is 28.8 Å². The number of aromatic nitrogens is 3. The van der Waals surface area contributed by atoms with Crippen LogP contribution < -0.4 is 9.47 Å². The highest BCUT2D eigenvalue weighted by Crippen LogP contribution is 2.37. The lowest BCUT2D eigenvalue weighted by atomic mass is 10.0. The van der Waals surface area contributed by atoms with Gasteiger partial charge in [0.25, 0.3) is 5.89 Å². The Kier molecular flexibility index (Phi) is 6.99. The molecule has 8 heteroatoms. The zero-order valence-corrected chi connectivity index (χ0v) is 21.8. The summed E-state index contributed by atoms with van der Waals surface area (Å²) in [6.07, 6.45) is 5.51. The molecule has 36 heavy (non-hydrogen) atoms. The molecule has 0 spiro atoms. The first kappa shape index (κ1) is 24.7. The number of benzene rings is 1. The zero-order chi connectivity index (χ0) is 25.3. The molecule has 8 nitrogen and oxygen atoms in total. The SMILES string of the molecule is CCc1cc(-c2noc(-c3cc(OC)nc(C4CCCC4)c3)n2)cc(C)c1OCC1COC(C)(C)O1. The van der Waals surface area contributed by atoms with Crippen LogP contribution >= 0.6 is 0 Å². The van der Waals surface area contributed by atoms with Crippen LogP contribution in [0.1, 0.15) is 69.2 Å². The first-order chi connectivity index (χ1) is 17.3. The molecule has 0 amide bonds. The van der Waals surface area contributed by atoms with Gasteiger partial charge in [-0.25, -0.2) is 4.98 Å². The van der Waals surface area contributed by atoms with Crippen LogP contribution in [0.25, 0.3) is 22.8 Å². The largest absolute Gasteiger partial charge is 0.490 e. The maximum absolute atomic E-state index is 6.20. The van der Waals surface area contributed by atoms with Gasteiger partial charge < -0.3 is 23.5 Å². The second-order valence-corrected chi connectivity index (χ2v) is 10.1. The molecule has 1 aliphatic heterocycles. The minimum Gasteiger partial charge on any atom is -0.490 e. The normalized spacial score (nSPS) is 19.6. The summed E-state index contributed by atoms with van der Waals surface area (Å²) in [6.45, 7) is 8.95. The molecule has 192 valence electrons. The van der Waals surface area contributed by atoms with Crippen molar-refractivity contribution >= 4 is 0 Å². The lowest BCUT2D eigenvalue weighted by Crippen LogP contribution is -2.25. The van der Waals surface area contributed by atoms with Crippen molar-refractivity contribution in [2.24, 2.45) is 0 Å². The minimum absolute atomic E-state index is 0.0879. The second-order valence-electron chi connectivity index (χ2n) is 10.1. The number of pyridine rings is 1. The summed E-state index contributed by atoms with van der Waals surface area (Å²) in [6, 6.07) is 8.03. The van der Waals surface area contributed by atoms with E-state index in [0.717, 1.165) is 53.0 Å². The molecule has 0 radical (unpaired) electrons. The number of hydrogen-bond acceptors (Lipinski definition) is 8. The molecule has 1 unspecified atom stereocenters. The molecule has 3 heterocycles. The summed E-state index contributed by atoms with van der Waals surface area (Å²) in [5.74, 6) is 2.34. The van der Waals surface area contributed by atoms with Gasteiger partial charge in [-0.05, 0) is 69.4 Å². The van der Waals surface area contributed by atoms with E-state index < -0.39 is 5.79 Å². The smallest absolute Gasteiger partial charge is 0.258 e. The topological polar surface area (TPSA) is 88.7 Å². The fourth-order valence-electron chi connectivity index (χ4n) is 5.11. The number of rotatable bonds is 8. The van der Waals surface area contributed by atoms with Crippen LogP contribution in [0.15, 0.2) is 28.8 Å². The van der Waals surface area contributed by atoms with Gasteiger partial charge in [0.1, 0.15) is 18.5 Å². The fourth-order valence-corrected chi connectivity index (χ4v) is 5.11. The van der Waals surface area contributed by atoms with E-state index in [-0.39, 0.29) is 6.10 Å². The third kappa shape index (κ3) is 5.25. The Balaban J connectivity index is 1.38. The quantitative estimate of drug-likeness (QED) is 0.385. The van der Waals surface area contributed by atoms with Crippen molar-refractivity contribution in [2.45, 2.75) is 77.6 Å². The van der Waals surface area contributed by atoms with Crippen molar-refractivity contribution in [3.63, 3.8) is 0 Å². The number of methoxy groups -OCH3 is 1. The fraction of sp³-hybridized carbons (Fsp3) is 0.536. The van der Waals surface area contributed by atoms with E-state index in [0.29, 0.717) is 36.7 Å². The summed E-state index contributed by atoms with van der Waals surface area (Å²) < 4.78 is 28.9. The molecule has 2 aromatic heterocycles.